The van der Waals surface area contributed by atoms with E-state index in [1.807, 2.05) is 0 Å². The van der Waals surface area contributed by atoms with Crippen LogP contribution in [0.25, 0.3) is 0 Å². The van der Waals surface area contributed by atoms with E-state index < -0.39 is 6.04 Å². The lowest BCUT2D eigenvalue weighted by atomic mass is 10.1. The third kappa shape index (κ3) is 6.77. The molecule has 0 aromatic heterocycles. The topological polar surface area (TPSA) is 58.6 Å². The predicted octanol–water partition coefficient (Wildman–Crippen LogP) is 6.26. The van der Waals surface area contributed by atoms with Crippen molar-refractivity contribution in [3.8, 4) is 5.75 Å². The van der Waals surface area contributed by atoms with Gasteiger partial charge in [0, 0.05) is 17.6 Å². The summed E-state index contributed by atoms with van der Waals surface area (Å²) in [6.07, 6.45) is 4.14. The van der Waals surface area contributed by atoms with Crippen LogP contribution in [-0.4, -0.2) is 35.4 Å². The van der Waals surface area contributed by atoms with Gasteiger partial charge in [-0.05, 0) is 71.6 Å². The van der Waals surface area contributed by atoms with Gasteiger partial charge < -0.3 is 15.0 Å². The zero-order valence-electron chi connectivity index (χ0n) is 17.5. The molecule has 1 saturated carbocycles. The summed E-state index contributed by atoms with van der Waals surface area (Å²) in [7, 11) is 0. The second-order valence-electron chi connectivity index (χ2n) is 7.80. The molecule has 2 aromatic rings. The molecule has 1 fully saturated rings. The van der Waals surface area contributed by atoms with E-state index in [1.54, 1.807) is 43.3 Å². The fraction of sp³-hybridized carbons (Fsp3) is 0.391. The van der Waals surface area contributed by atoms with Crippen LogP contribution < -0.4 is 10.1 Å². The maximum Gasteiger partial charge on any atom is 0.261 e. The number of halogens is 4. The van der Waals surface area contributed by atoms with Crippen molar-refractivity contribution in [1.29, 1.82) is 0 Å². The monoisotopic (exact) mass is 560 g/mol. The summed E-state index contributed by atoms with van der Waals surface area (Å²) in [6, 6.07) is 9.67. The highest BCUT2D eigenvalue weighted by Gasteiger charge is 2.29. The summed E-state index contributed by atoms with van der Waals surface area (Å²) in [5.74, 6) is -0.0229. The summed E-state index contributed by atoms with van der Waals surface area (Å²) in [5.41, 5.74) is 0.765. The van der Waals surface area contributed by atoms with Gasteiger partial charge in [-0.2, -0.15) is 0 Å². The van der Waals surface area contributed by atoms with Crippen molar-refractivity contribution in [2.24, 2.45) is 0 Å². The smallest absolute Gasteiger partial charge is 0.261 e. The van der Waals surface area contributed by atoms with Gasteiger partial charge in [-0.15, -0.1) is 0 Å². The van der Waals surface area contributed by atoms with Crippen LogP contribution in [0.2, 0.25) is 15.1 Å². The van der Waals surface area contributed by atoms with Crippen LogP contribution in [0.4, 0.5) is 0 Å². The number of ether oxygens (including phenoxy) is 1. The molecule has 0 saturated heterocycles. The lowest BCUT2D eigenvalue weighted by Crippen LogP contribution is -2.50. The van der Waals surface area contributed by atoms with Crippen molar-refractivity contribution in [1.82, 2.24) is 10.2 Å². The van der Waals surface area contributed by atoms with Crippen LogP contribution in [0.3, 0.4) is 0 Å². The van der Waals surface area contributed by atoms with Gasteiger partial charge in [-0.25, -0.2) is 0 Å². The van der Waals surface area contributed by atoms with Gasteiger partial charge in [-0.1, -0.05) is 53.7 Å². The summed E-state index contributed by atoms with van der Waals surface area (Å²) in [4.78, 5) is 27.6. The Bertz CT molecular complexity index is 983. The van der Waals surface area contributed by atoms with E-state index in [2.05, 4.69) is 21.2 Å². The van der Waals surface area contributed by atoms with Crippen LogP contribution in [0.15, 0.2) is 40.9 Å². The molecular formula is C23H24BrCl3N2O3. The normalized spacial score (nSPS) is 14.8. The van der Waals surface area contributed by atoms with E-state index >= 15 is 0 Å². The van der Waals surface area contributed by atoms with E-state index in [-0.39, 0.29) is 31.0 Å². The molecule has 0 heterocycles. The number of carbonyl (C=O) groups is 2. The van der Waals surface area contributed by atoms with E-state index in [0.29, 0.717) is 25.3 Å². The molecule has 0 aliphatic heterocycles. The van der Waals surface area contributed by atoms with Crippen LogP contribution in [-0.2, 0) is 16.1 Å². The van der Waals surface area contributed by atoms with Gasteiger partial charge >= 0.3 is 0 Å². The van der Waals surface area contributed by atoms with Crippen LogP contribution in [0.5, 0.6) is 5.75 Å². The average molecular weight is 563 g/mol. The zero-order chi connectivity index (χ0) is 23.3. The van der Waals surface area contributed by atoms with E-state index in [4.69, 9.17) is 39.5 Å². The fourth-order valence-corrected chi connectivity index (χ4v) is 4.74. The predicted molar refractivity (Wildman–Crippen MR) is 132 cm³/mol. The Morgan fingerprint density at radius 2 is 1.84 bits per heavy atom. The Morgan fingerprint density at radius 3 is 2.50 bits per heavy atom. The molecule has 2 aromatic carbocycles. The molecule has 0 bridgehead atoms. The molecule has 0 spiro atoms. The molecule has 1 atom stereocenters. The number of rotatable bonds is 8. The van der Waals surface area contributed by atoms with Crippen LogP contribution in [0.1, 0.15) is 38.2 Å². The van der Waals surface area contributed by atoms with Gasteiger partial charge in [0.05, 0.1) is 14.5 Å². The molecule has 1 unspecified atom stereocenters. The minimum Gasteiger partial charge on any atom is -0.483 e. The average Bonchev–Trinajstić information content (AvgIpc) is 3.26. The Balaban J connectivity index is 1.75. The van der Waals surface area contributed by atoms with Gasteiger partial charge in [-0.3, -0.25) is 9.59 Å². The highest BCUT2D eigenvalue weighted by molar-refractivity contribution is 9.10. The second kappa shape index (κ2) is 11.6. The number of benzene rings is 2. The molecule has 172 valence electrons. The third-order valence-electron chi connectivity index (χ3n) is 5.45. The van der Waals surface area contributed by atoms with E-state index in [1.165, 1.54) is 4.90 Å². The zero-order valence-corrected chi connectivity index (χ0v) is 21.4. The van der Waals surface area contributed by atoms with E-state index in [0.717, 1.165) is 31.2 Å². The lowest BCUT2D eigenvalue weighted by Gasteiger charge is -2.29. The SMILES string of the molecule is CC(C(=O)NC1CCCC1)N(Cc1ccc(Cl)c(Cl)c1)C(=O)COc1ccc(Cl)cc1Br. The maximum absolute atomic E-state index is 13.2. The Kier molecular flexibility index (Phi) is 9.12. The quantitative estimate of drug-likeness (QED) is 0.413. The molecule has 3 rings (SSSR count). The summed E-state index contributed by atoms with van der Waals surface area (Å²) >= 11 is 21.5. The lowest BCUT2D eigenvalue weighted by molar-refractivity contribution is -0.142. The van der Waals surface area contributed by atoms with Crippen LogP contribution in [0, 0.1) is 0 Å². The Labute approximate surface area is 211 Å². The second-order valence-corrected chi connectivity index (χ2v) is 9.90. The summed E-state index contributed by atoms with van der Waals surface area (Å²) < 4.78 is 6.34. The largest absolute Gasteiger partial charge is 0.483 e. The molecular weight excluding hydrogens is 539 g/mol. The number of hydrogen-bond acceptors (Lipinski definition) is 3. The van der Waals surface area contributed by atoms with Crippen molar-refractivity contribution in [2.75, 3.05) is 6.61 Å². The van der Waals surface area contributed by atoms with Gasteiger partial charge in [0.1, 0.15) is 11.8 Å². The molecule has 32 heavy (non-hydrogen) atoms. The summed E-state index contributed by atoms with van der Waals surface area (Å²) in [6.45, 7) is 1.68. The van der Waals surface area contributed by atoms with Gasteiger partial charge in [0.15, 0.2) is 6.61 Å². The Hall–Kier alpha value is -1.47. The minimum atomic E-state index is -0.685. The molecule has 1 aliphatic carbocycles. The first kappa shape index (κ1) is 25.2. The number of nitrogens with zero attached hydrogens (tertiary/aromatic N) is 1. The number of carbonyl (C=O) groups excluding carboxylic acids is 2. The van der Waals surface area contributed by atoms with Crippen molar-refractivity contribution < 1.29 is 14.3 Å². The molecule has 5 nitrogen and oxygen atoms in total. The van der Waals surface area contributed by atoms with E-state index in [9.17, 15) is 9.59 Å². The summed E-state index contributed by atoms with van der Waals surface area (Å²) in [5, 5.41) is 4.43. The molecule has 0 radical (unpaired) electrons. The van der Waals surface area contributed by atoms with Crippen molar-refractivity contribution >= 4 is 62.5 Å². The van der Waals surface area contributed by atoms with Gasteiger partial charge in [0.2, 0.25) is 5.91 Å². The first-order valence-corrected chi connectivity index (χ1v) is 12.3. The first-order valence-electron chi connectivity index (χ1n) is 10.4. The highest BCUT2D eigenvalue weighted by Crippen LogP contribution is 2.28. The number of hydrogen-bond donors (Lipinski definition) is 1. The number of amides is 2. The maximum atomic E-state index is 13.2. The fourth-order valence-electron chi connectivity index (χ4n) is 3.62. The van der Waals surface area contributed by atoms with Crippen LogP contribution >= 0.6 is 50.7 Å². The molecule has 1 N–H and O–H groups in total. The van der Waals surface area contributed by atoms with Gasteiger partial charge in [0.25, 0.3) is 5.91 Å². The highest BCUT2D eigenvalue weighted by atomic mass is 79.9. The molecule has 2 amide bonds. The standard InChI is InChI=1S/C23H24BrCl3N2O3/c1-14(23(31)28-17-4-2-3-5-17)29(12-15-6-8-19(26)20(27)10-15)22(30)13-32-21-9-7-16(25)11-18(21)24/h6-11,14,17H,2-5,12-13H2,1H3,(H,28,31). The third-order valence-corrected chi connectivity index (χ3v) is 7.04. The minimum absolute atomic E-state index is 0.160. The molecule has 9 heteroatoms. The van der Waals surface area contributed by atoms with Crippen molar-refractivity contribution in [3.63, 3.8) is 0 Å². The number of nitrogens with one attached hydrogen (secondary N) is 1. The van der Waals surface area contributed by atoms with Crippen molar-refractivity contribution in [3.05, 3.63) is 61.5 Å². The van der Waals surface area contributed by atoms with Crippen molar-refractivity contribution in [2.45, 2.75) is 51.2 Å². The molecule has 1 aliphatic rings. The first-order chi connectivity index (χ1) is 15.2. The Morgan fingerprint density at radius 1 is 1.12 bits per heavy atom.